The molecule has 0 saturated heterocycles. The number of nitrogens with zero attached hydrogens (tertiary/aromatic N) is 1. The highest BCUT2D eigenvalue weighted by Crippen LogP contribution is 2.21. The zero-order chi connectivity index (χ0) is 12.7. The second kappa shape index (κ2) is 7.07. The lowest BCUT2D eigenvalue weighted by Crippen LogP contribution is -2.35. The lowest BCUT2D eigenvalue weighted by molar-refractivity contribution is -0.149. The van der Waals surface area contributed by atoms with Gasteiger partial charge < -0.3 is 4.74 Å². The van der Waals surface area contributed by atoms with Crippen LogP contribution in [0.1, 0.15) is 32.4 Å². The van der Waals surface area contributed by atoms with Crippen LogP contribution in [-0.2, 0) is 9.53 Å². The van der Waals surface area contributed by atoms with E-state index in [4.69, 9.17) is 4.74 Å². The van der Waals surface area contributed by atoms with Gasteiger partial charge in [-0.3, -0.25) is 4.90 Å². The van der Waals surface area contributed by atoms with Gasteiger partial charge in [-0.25, -0.2) is 4.79 Å². The number of carbonyl (C=O) groups is 1. The van der Waals surface area contributed by atoms with Gasteiger partial charge in [0, 0.05) is 0 Å². The zero-order valence-electron chi connectivity index (χ0n) is 10.8. The summed E-state index contributed by atoms with van der Waals surface area (Å²) < 4.78 is 5.16. The van der Waals surface area contributed by atoms with Crippen LogP contribution in [0.15, 0.2) is 30.3 Å². The van der Waals surface area contributed by atoms with E-state index in [0.717, 1.165) is 18.7 Å². The Hall–Kier alpha value is -1.35. The van der Waals surface area contributed by atoms with Crippen LogP contribution in [0, 0.1) is 0 Å². The molecular formula is C14H21NO2. The Bertz CT molecular complexity index is 333. The summed E-state index contributed by atoms with van der Waals surface area (Å²) in [6.45, 7) is 8.02. The van der Waals surface area contributed by atoms with E-state index < -0.39 is 0 Å². The molecule has 0 amide bonds. The summed E-state index contributed by atoms with van der Waals surface area (Å²) in [7, 11) is 0. The lowest BCUT2D eigenvalue weighted by atomic mass is 10.1. The number of carbonyl (C=O) groups excluding carboxylic acids is 1. The number of ether oxygens (including phenoxy) is 1. The Balaban J connectivity index is 2.97. The molecule has 0 radical (unpaired) electrons. The molecule has 1 aromatic carbocycles. The normalized spacial score (nSPS) is 12.5. The van der Waals surface area contributed by atoms with Crippen molar-refractivity contribution in [3.8, 4) is 0 Å². The maximum Gasteiger partial charge on any atom is 0.327 e. The summed E-state index contributed by atoms with van der Waals surface area (Å²) in [5.41, 5.74) is 0.995. The molecule has 0 aliphatic heterocycles. The van der Waals surface area contributed by atoms with Gasteiger partial charge in [0.25, 0.3) is 0 Å². The molecule has 0 bridgehead atoms. The average molecular weight is 235 g/mol. The van der Waals surface area contributed by atoms with Crippen LogP contribution < -0.4 is 0 Å². The second-order valence-corrected chi connectivity index (χ2v) is 3.79. The number of hydrogen-bond acceptors (Lipinski definition) is 3. The van der Waals surface area contributed by atoms with Crippen LogP contribution in [0.5, 0.6) is 0 Å². The summed E-state index contributed by atoms with van der Waals surface area (Å²) in [5.74, 6) is -0.164. The summed E-state index contributed by atoms with van der Waals surface area (Å²) in [4.78, 5) is 14.1. The van der Waals surface area contributed by atoms with Crippen LogP contribution in [0.2, 0.25) is 0 Å². The molecule has 1 aromatic rings. The Morgan fingerprint density at radius 2 is 1.76 bits per heavy atom. The molecule has 0 aliphatic carbocycles. The van der Waals surface area contributed by atoms with Gasteiger partial charge in [-0.15, -0.1) is 0 Å². The van der Waals surface area contributed by atoms with Gasteiger partial charge in [0.2, 0.25) is 0 Å². The number of benzene rings is 1. The third kappa shape index (κ3) is 3.56. The SMILES string of the molecule is CCOC(=O)C(c1ccccc1)N(CC)CC. The largest absolute Gasteiger partial charge is 0.465 e. The van der Waals surface area contributed by atoms with Crippen LogP contribution in [0.25, 0.3) is 0 Å². The first-order valence-corrected chi connectivity index (χ1v) is 6.20. The highest BCUT2D eigenvalue weighted by atomic mass is 16.5. The average Bonchev–Trinajstić information content (AvgIpc) is 2.37. The minimum Gasteiger partial charge on any atom is -0.465 e. The molecule has 0 saturated carbocycles. The number of rotatable bonds is 6. The van der Waals surface area contributed by atoms with E-state index in [-0.39, 0.29) is 12.0 Å². The van der Waals surface area contributed by atoms with E-state index >= 15 is 0 Å². The quantitative estimate of drug-likeness (QED) is 0.710. The predicted octanol–water partition coefficient (Wildman–Crippen LogP) is 2.63. The van der Waals surface area contributed by atoms with Gasteiger partial charge in [-0.1, -0.05) is 44.2 Å². The maximum absolute atomic E-state index is 12.0. The van der Waals surface area contributed by atoms with Gasteiger partial charge in [-0.2, -0.15) is 0 Å². The number of esters is 1. The van der Waals surface area contributed by atoms with Crippen molar-refractivity contribution in [2.45, 2.75) is 26.8 Å². The fourth-order valence-corrected chi connectivity index (χ4v) is 1.94. The smallest absolute Gasteiger partial charge is 0.327 e. The highest BCUT2D eigenvalue weighted by Gasteiger charge is 2.26. The van der Waals surface area contributed by atoms with E-state index in [1.807, 2.05) is 37.3 Å². The van der Waals surface area contributed by atoms with Crippen LogP contribution in [0.4, 0.5) is 0 Å². The zero-order valence-corrected chi connectivity index (χ0v) is 10.8. The molecule has 3 nitrogen and oxygen atoms in total. The predicted molar refractivity (Wildman–Crippen MR) is 68.7 cm³/mol. The molecule has 1 atom stereocenters. The standard InChI is InChI=1S/C14H21NO2/c1-4-15(5-2)13(14(16)17-6-3)12-10-8-7-9-11-12/h7-11,13H,4-6H2,1-3H3. The minimum absolute atomic E-state index is 0.164. The summed E-state index contributed by atoms with van der Waals surface area (Å²) >= 11 is 0. The first-order chi connectivity index (χ1) is 8.24. The van der Waals surface area contributed by atoms with Crippen LogP contribution >= 0.6 is 0 Å². The summed E-state index contributed by atoms with van der Waals surface area (Å²) in [6.07, 6.45) is 0. The van der Waals surface area contributed by atoms with E-state index in [2.05, 4.69) is 18.7 Å². The van der Waals surface area contributed by atoms with Gasteiger partial charge in [0.15, 0.2) is 0 Å². The van der Waals surface area contributed by atoms with Crippen molar-refractivity contribution in [3.63, 3.8) is 0 Å². The molecule has 0 heterocycles. The third-order valence-corrected chi connectivity index (χ3v) is 2.80. The monoisotopic (exact) mass is 235 g/mol. The topological polar surface area (TPSA) is 29.5 Å². The van der Waals surface area contributed by atoms with E-state index in [1.54, 1.807) is 0 Å². The minimum atomic E-state index is -0.286. The number of likely N-dealkylation sites (N-methyl/N-ethyl adjacent to an activating group) is 1. The van der Waals surface area contributed by atoms with Crippen molar-refractivity contribution in [1.29, 1.82) is 0 Å². The fourth-order valence-electron chi connectivity index (χ4n) is 1.94. The summed E-state index contributed by atoms with van der Waals surface area (Å²) in [5, 5.41) is 0. The van der Waals surface area contributed by atoms with Crippen molar-refractivity contribution in [2.75, 3.05) is 19.7 Å². The molecule has 0 aliphatic rings. The van der Waals surface area contributed by atoms with Crippen molar-refractivity contribution in [1.82, 2.24) is 4.90 Å². The van der Waals surface area contributed by atoms with E-state index in [1.165, 1.54) is 0 Å². The van der Waals surface area contributed by atoms with Crippen molar-refractivity contribution >= 4 is 5.97 Å². The molecule has 3 heteroatoms. The third-order valence-electron chi connectivity index (χ3n) is 2.80. The van der Waals surface area contributed by atoms with E-state index in [0.29, 0.717) is 6.61 Å². The van der Waals surface area contributed by atoms with Crippen LogP contribution in [0.3, 0.4) is 0 Å². The Kier molecular flexibility index (Phi) is 5.70. The van der Waals surface area contributed by atoms with Gasteiger partial charge in [0.1, 0.15) is 6.04 Å². The van der Waals surface area contributed by atoms with Gasteiger partial charge >= 0.3 is 5.97 Å². The van der Waals surface area contributed by atoms with Crippen molar-refractivity contribution in [3.05, 3.63) is 35.9 Å². The Morgan fingerprint density at radius 1 is 1.18 bits per heavy atom. The first kappa shape index (κ1) is 13.7. The summed E-state index contributed by atoms with van der Waals surface area (Å²) in [6, 6.07) is 9.51. The second-order valence-electron chi connectivity index (χ2n) is 3.79. The van der Waals surface area contributed by atoms with Crippen molar-refractivity contribution < 1.29 is 9.53 Å². The first-order valence-electron chi connectivity index (χ1n) is 6.20. The molecule has 17 heavy (non-hydrogen) atoms. The molecule has 94 valence electrons. The van der Waals surface area contributed by atoms with E-state index in [9.17, 15) is 4.79 Å². The molecule has 0 fully saturated rings. The molecule has 0 N–H and O–H groups in total. The molecule has 1 unspecified atom stereocenters. The van der Waals surface area contributed by atoms with Crippen molar-refractivity contribution in [2.24, 2.45) is 0 Å². The number of hydrogen-bond donors (Lipinski definition) is 0. The Labute approximate surface area is 103 Å². The lowest BCUT2D eigenvalue weighted by Gasteiger charge is -2.28. The molecular weight excluding hydrogens is 214 g/mol. The Morgan fingerprint density at radius 3 is 2.24 bits per heavy atom. The molecule has 0 aromatic heterocycles. The maximum atomic E-state index is 12.0. The highest BCUT2D eigenvalue weighted by molar-refractivity contribution is 5.77. The van der Waals surface area contributed by atoms with Gasteiger partial charge in [0.05, 0.1) is 6.61 Å². The fraction of sp³-hybridized carbons (Fsp3) is 0.500. The van der Waals surface area contributed by atoms with Gasteiger partial charge in [-0.05, 0) is 25.6 Å². The van der Waals surface area contributed by atoms with Crippen LogP contribution in [-0.4, -0.2) is 30.6 Å². The molecule has 1 rings (SSSR count). The molecule has 0 spiro atoms.